The maximum atomic E-state index is 13.3. The van der Waals surface area contributed by atoms with Crippen LogP contribution in [0.4, 0.5) is 4.39 Å². The minimum absolute atomic E-state index is 0.168. The summed E-state index contributed by atoms with van der Waals surface area (Å²) < 4.78 is 18.6. The second-order valence-electron chi connectivity index (χ2n) is 3.62. The molecular weight excluding hydrogens is 145 g/mol. The van der Waals surface area contributed by atoms with Gasteiger partial charge in [-0.2, -0.15) is 0 Å². The lowest BCUT2D eigenvalue weighted by atomic mass is 9.81. The third kappa shape index (κ3) is 1.16. The van der Waals surface area contributed by atoms with E-state index in [1.165, 1.54) is 0 Å². The van der Waals surface area contributed by atoms with Gasteiger partial charge in [0.05, 0.1) is 6.61 Å². The fourth-order valence-corrected chi connectivity index (χ4v) is 2.04. The normalized spacial score (nSPS) is 45.0. The molecule has 1 N–H and O–H groups in total. The summed E-state index contributed by atoms with van der Waals surface area (Å²) >= 11 is 0. The summed E-state index contributed by atoms with van der Waals surface area (Å²) in [5.41, 5.74) is -0.168. The molecule has 0 aromatic rings. The van der Waals surface area contributed by atoms with Crippen LogP contribution in [0.25, 0.3) is 0 Å². The highest BCUT2D eigenvalue weighted by atomic mass is 19.1. The highest BCUT2D eigenvalue weighted by Crippen LogP contribution is 2.36. The number of rotatable bonds is 0. The lowest BCUT2D eigenvalue weighted by molar-refractivity contribution is -0.0291. The predicted octanol–water partition coefficient (Wildman–Crippen LogP) is 0.724. The van der Waals surface area contributed by atoms with E-state index in [4.69, 9.17) is 4.74 Å². The molecule has 2 aliphatic rings. The summed E-state index contributed by atoms with van der Waals surface area (Å²) in [6, 6.07) is 0. The van der Waals surface area contributed by atoms with E-state index < -0.39 is 6.17 Å². The van der Waals surface area contributed by atoms with Gasteiger partial charge in [0.2, 0.25) is 0 Å². The summed E-state index contributed by atoms with van der Waals surface area (Å²) in [4.78, 5) is 0. The van der Waals surface area contributed by atoms with Crippen molar-refractivity contribution in [1.29, 1.82) is 0 Å². The molecule has 2 rings (SSSR count). The van der Waals surface area contributed by atoms with Crippen molar-refractivity contribution in [3.05, 3.63) is 0 Å². The molecule has 2 fully saturated rings. The predicted molar refractivity (Wildman–Crippen MR) is 40.3 cm³/mol. The molecule has 0 aromatic carbocycles. The number of nitrogens with one attached hydrogen (secondary N) is 1. The molecule has 0 amide bonds. The zero-order chi connectivity index (χ0) is 7.73. The van der Waals surface area contributed by atoms with E-state index in [-0.39, 0.29) is 5.41 Å². The molecule has 0 aromatic heterocycles. The molecule has 2 heterocycles. The van der Waals surface area contributed by atoms with Gasteiger partial charge in [-0.15, -0.1) is 0 Å². The largest absolute Gasteiger partial charge is 0.381 e. The minimum atomic E-state index is -0.692. The Morgan fingerprint density at radius 2 is 2.45 bits per heavy atom. The van der Waals surface area contributed by atoms with Crippen LogP contribution in [0.15, 0.2) is 0 Å². The Morgan fingerprint density at radius 3 is 3.00 bits per heavy atom. The molecule has 2 nitrogen and oxygen atoms in total. The van der Waals surface area contributed by atoms with E-state index in [1.54, 1.807) is 0 Å². The molecule has 1 spiro atoms. The van der Waals surface area contributed by atoms with Crippen molar-refractivity contribution in [2.45, 2.75) is 19.0 Å². The molecule has 2 atom stereocenters. The standard InChI is InChI=1S/C8H14FNO/c9-7-4-10-5-8(7)2-1-3-11-6-8/h7,10H,1-6H2. The first-order chi connectivity index (χ1) is 5.33. The number of alkyl halides is 1. The van der Waals surface area contributed by atoms with Crippen LogP contribution in [0.2, 0.25) is 0 Å². The van der Waals surface area contributed by atoms with Gasteiger partial charge in [0.25, 0.3) is 0 Å². The molecule has 2 saturated heterocycles. The summed E-state index contributed by atoms with van der Waals surface area (Å²) in [6.07, 6.45) is 1.31. The zero-order valence-corrected chi connectivity index (χ0v) is 6.61. The fraction of sp³-hybridized carbons (Fsp3) is 1.00. The Bertz CT molecular complexity index is 145. The minimum Gasteiger partial charge on any atom is -0.381 e. The molecule has 2 unspecified atom stereocenters. The molecule has 0 saturated carbocycles. The molecule has 0 bridgehead atoms. The van der Waals surface area contributed by atoms with Gasteiger partial charge >= 0.3 is 0 Å². The number of halogens is 1. The van der Waals surface area contributed by atoms with Crippen LogP contribution in [0.1, 0.15) is 12.8 Å². The van der Waals surface area contributed by atoms with E-state index in [2.05, 4.69) is 5.32 Å². The van der Waals surface area contributed by atoms with E-state index in [9.17, 15) is 4.39 Å². The first-order valence-corrected chi connectivity index (χ1v) is 4.26. The number of hydrogen-bond acceptors (Lipinski definition) is 2. The van der Waals surface area contributed by atoms with Gasteiger partial charge in [0.15, 0.2) is 0 Å². The Kier molecular flexibility index (Phi) is 1.85. The zero-order valence-electron chi connectivity index (χ0n) is 6.61. The van der Waals surface area contributed by atoms with Gasteiger partial charge in [-0.25, -0.2) is 4.39 Å². The van der Waals surface area contributed by atoms with Crippen molar-refractivity contribution in [2.24, 2.45) is 5.41 Å². The lowest BCUT2D eigenvalue weighted by Gasteiger charge is -2.33. The lowest BCUT2D eigenvalue weighted by Crippen LogP contribution is -2.39. The van der Waals surface area contributed by atoms with Gasteiger partial charge in [0, 0.05) is 25.1 Å². The first-order valence-electron chi connectivity index (χ1n) is 4.26. The molecule has 0 aliphatic carbocycles. The Balaban J connectivity index is 2.06. The van der Waals surface area contributed by atoms with Crippen LogP contribution in [0.5, 0.6) is 0 Å². The van der Waals surface area contributed by atoms with Crippen molar-refractivity contribution in [1.82, 2.24) is 5.32 Å². The van der Waals surface area contributed by atoms with Crippen LogP contribution < -0.4 is 5.32 Å². The first kappa shape index (κ1) is 7.50. The summed E-state index contributed by atoms with van der Waals surface area (Å²) in [6.45, 7) is 2.74. The van der Waals surface area contributed by atoms with E-state index in [1.807, 2.05) is 0 Å². The van der Waals surface area contributed by atoms with Crippen LogP contribution in [0.3, 0.4) is 0 Å². The van der Waals surface area contributed by atoms with Gasteiger partial charge in [-0.1, -0.05) is 0 Å². The quantitative estimate of drug-likeness (QED) is 0.562. The van der Waals surface area contributed by atoms with Crippen LogP contribution in [-0.2, 0) is 4.74 Å². The number of ether oxygens (including phenoxy) is 1. The molecular formula is C8H14FNO. The highest BCUT2D eigenvalue weighted by Gasteiger charge is 2.44. The fourth-order valence-electron chi connectivity index (χ4n) is 2.04. The smallest absolute Gasteiger partial charge is 0.121 e. The van der Waals surface area contributed by atoms with Crippen molar-refractivity contribution in [3.8, 4) is 0 Å². The summed E-state index contributed by atoms with van der Waals surface area (Å²) in [5.74, 6) is 0. The van der Waals surface area contributed by atoms with Crippen molar-refractivity contribution < 1.29 is 9.13 Å². The second kappa shape index (κ2) is 2.72. The second-order valence-corrected chi connectivity index (χ2v) is 3.62. The monoisotopic (exact) mass is 159 g/mol. The van der Waals surface area contributed by atoms with Gasteiger partial charge in [-0.3, -0.25) is 0 Å². The third-order valence-corrected chi connectivity index (χ3v) is 2.82. The van der Waals surface area contributed by atoms with E-state index in [0.29, 0.717) is 13.2 Å². The van der Waals surface area contributed by atoms with Crippen LogP contribution in [0, 0.1) is 5.41 Å². The average Bonchev–Trinajstić information content (AvgIpc) is 2.36. The Hall–Kier alpha value is -0.150. The maximum Gasteiger partial charge on any atom is 0.121 e. The van der Waals surface area contributed by atoms with Gasteiger partial charge < -0.3 is 10.1 Å². The third-order valence-electron chi connectivity index (χ3n) is 2.82. The van der Waals surface area contributed by atoms with E-state index in [0.717, 1.165) is 26.0 Å². The van der Waals surface area contributed by atoms with Gasteiger partial charge in [0.1, 0.15) is 6.17 Å². The highest BCUT2D eigenvalue weighted by molar-refractivity contribution is 4.96. The molecule has 0 radical (unpaired) electrons. The Morgan fingerprint density at radius 1 is 1.55 bits per heavy atom. The molecule has 64 valence electrons. The van der Waals surface area contributed by atoms with Crippen molar-refractivity contribution >= 4 is 0 Å². The van der Waals surface area contributed by atoms with Crippen molar-refractivity contribution in [3.63, 3.8) is 0 Å². The van der Waals surface area contributed by atoms with E-state index >= 15 is 0 Å². The topological polar surface area (TPSA) is 21.3 Å². The molecule has 3 heteroatoms. The number of hydrogen-bond donors (Lipinski definition) is 1. The average molecular weight is 159 g/mol. The molecule has 2 aliphatic heterocycles. The van der Waals surface area contributed by atoms with Crippen molar-refractivity contribution in [2.75, 3.05) is 26.3 Å². The maximum absolute atomic E-state index is 13.3. The summed E-state index contributed by atoms with van der Waals surface area (Å²) in [5, 5.41) is 3.08. The molecule has 11 heavy (non-hydrogen) atoms. The van der Waals surface area contributed by atoms with Crippen LogP contribution in [-0.4, -0.2) is 32.5 Å². The SMILES string of the molecule is FC1CNCC12CCCOC2. The van der Waals surface area contributed by atoms with Gasteiger partial charge in [-0.05, 0) is 12.8 Å². The Labute approximate surface area is 66.1 Å². The summed E-state index contributed by atoms with van der Waals surface area (Å²) in [7, 11) is 0. The van der Waals surface area contributed by atoms with Crippen LogP contribution >= 0.6 is 0 Å².